The van der Waals surface area contributed by atoms with Gasteiger partial charge in [0, 0.05) is 9.35 Å². The first-order chi connectivity index (χ1) is 8.79. The molecule has 0 aliphatic heterocycles. The van der Waals surface area contributed by atoms with Crippen molar-refractivity contribution in [3.63, 3.8) is 0 Å². The summed E-state index contributed by atoms with van der Waals surface area (Å²) in [5.74, 6) is 0. The van der Waals surface area contributed by atoms with Crippen LogP contribution in [0.3, 0.4) is 0 Å². The van der Waals surface area contributed by atoms with Gasteiger partial charge in [-0.15, -0.1) is 11.3 Å². The molecule has 0 spiro atoms. The van der Waals surface area contributed by atoms with Crippen LogP contribution in [0.4, 0.5) is 0 Å². The topological polar surface area (TPSA) is 12.0 Å². The third-order valence-electron chi connectivity index (χ3n) is 3.65. The highest BCUT2D eigenvalue weighted by atomic mass is 79.9. The van der Waals surface area contributed by atoms with Gasteiger partial charge in [0.25, 0.3) is 0 Å². The van der Waals surface area contributed by atoms with Gasteiger partial charge in [0.15, 0.2) is 0 Å². The molecule has 94 valence electrons. The van der Waals surface area contributed by atoms with Gasteiger partial charge in [-0.1, -0.05) is 18.2 Å². The van der Waals surface area contributed by atoms with Crippen molar-refractivity contribution in [1.82, 2.24) is 5.32 Å². The van der Waals surface area contributed by atoms with Crippen LogP contribution in [0.15, 0.2) is 34.1 Å². The van der Waals surface area contributed by atoms with E-state index in [0.717, 1.165) is 0 Å². The molecule has 1 aromatic carbocycles. The summed E-state index contributed by atoms with van der Waals surface area (Å²) in [6.45, 7) is 0. The number of thiophene rings is 1. The predicted octanol–water partition coefficient (Wildman–Crippen LogP) is 4.31. The van der Waals surface area contributed by atoms with Crippen molar-refractivity contribution in [3.8, 4) is 0 Å². The Hall–Kier alpha value is -0.640. The van der Waals surface area contributed by atoms with E-state index in [1.165, 1.54) is 34.2 Å². The quantitative estimate of drug-likeness (QED) is 0.888. The van der Waals surface area contributed by atoms with E-state index < -0.39 is 0 Å². The van der Waals surface area contributed by atoms with Crippen LogP contribution >= 0.6 is 27.3 Å². The van der Waals surface area contributed by atoms with Crippen LogP contribution in [-0.2, 0) is 12.8 Å². The zero-order valence-corrected chi connectivity index (χ0v) is 12.8. The Labute approximate surface area is 120 Å². The molecule has 18 heavy (non-hydrogen) atoms. The van der Waals surface area contributed by atoms with Crippen molar-refractivity contribution >= 4 is 27.3 Å². The third kappa shape index (κ3) is 2.15. The molecule has 2 aromatic rings. The van der Waals surface area contributed by atoms with Gasteiger partial charge in [0.1, 0.15) is 0 Å². The number of benzene rings is 1. The SMILES string of the molecule is CNC(c1ccc2c(c1)CCC2)c1sccc1Br. The molecule has 0 saturated carbocycles. The average molecular weight is 322 g/mol. The Kier molecular flexibility index (Phi) is 3.55. The highest BCUT2D eigenvalue weighted by Crippen LogP contribution is 2.34. The van der Waals surface area contributed by atoms with Crippen molar-refractivity contribution in [2.45, 2.75) is 25.3 Å². The number of hydrogen-bond donors (Lipinski definition) is 1. The minimum atomic E-state index is 0.297. The molecule has 1 aromatic heterocycles. The molecular weight excluding hydrogens is 306 g/mol. The van der Waals surface area contributed by atoms with Crippen molar-refractivity contribution < 1.29 is 0 Å². The van der Waals surface area contributed by atoms with E-state index in [1.54, 1.807) is 22.5 Å². The zero-order valence-electron chi connectivity index (χ0n) is 10.4. The van der Waals surface area contributed by atoms with Crippen molar-refractivity contribution in [1.29, 1.82) is 0 Å². The molecule has 0 saturated heterocycles. The van der Waals surface area contributed by atoms with Crippen LogP contribution in [0.2, 0.25) is 0 Å². The fourth-order valence-corrected chi connectivity index (χ4v) is 4.47. The summed E-state index contributed by atoms with van der Waals surface area (Å²) in [4.78, 5) is 1.36. The van der Waals surface area contributed by atoms with Crippen molar-refractivity contribution in [3.05, 3.63) is 55.7 Å². The van der Waals surface area contributed by atoms with Gasteiger partial charge in [-0.2, -0.15) is 0 Å². The first-order valence-electron chi connectivity index (χ1n) is 6.31. The van der Waals surface area contributed by atoms with E-state index in [0.29, 0.717) is 6.04 Å². The molecule has 1 atom stereocenters. The van der Waals surface area contributed by atoms with Crippen molar-refractivity contribution in [2.24, 2.45) is 0 Å². The van der Waals surface area contributed by atoms with Crippen LogP contribution < -0.4 is 5.32 Å². The summed E-state index contributed by atoms with van der Waals surface area (Å²) in [5.41, 5.74) is 4.46. The molecule has 1 unspecified atom stereocenters. The Balaban J connectivity index is 2.00. The lowest BCUT2D eigenvalue weighted by Gasteiger charge is -2.17. The highest BCUT2D eigenvalue weighted by molar-refractivity contribution is 9.10. The number of halogens is 1. The number of fused-ring (bicyclic) bond motifs is 1. The second-order valence-electron chi connectivity index (χ2n) is 4.74. The highest BCUT2D eigenvalue weighted by Gasteiger charge is 2.19. The van der Waals surface area contributed by atoms with Crippen LogP contribution in [0.1, 0.15) is 34.0 Å². The number of hydrogen-bond acceptors (Lipinski definition) is 2. The Morgan fingerprint density at radius 3 is 2.78 bits per heavy atom. The second-order valence-corrected chi connectivity index (χ2v) is 6.54. The normalized spacial score (nSPS) is 15.7. The third-order valence-corrected chi connectivity index (χ3v) is 5.59. The van der Waals surface area contributed by atoms with Gasteiger partial charge >= 0.3 is 0 Å². The van der Waals surface area contributed by atoms with E-state index in [4.69, 9.17) is 0 Å². The Morgan fingerprint density at radius 1 is 1.22 bits per heavy atom. The van der Waals surface area contributed by atoms with Gasteiger partial charge in [-0.05, 0) is 70.4 Å². The molecule has 1 N–H and O–H groups in total. The lowest BCUT2D eigenvalue weighted by atomic mass is 10.0. The Bertz CT molecular complexity index is 561. The maximum atomic E-state index is 3.64. The molecule has 0 bridgehead atoms. The van der Waals surface area contributed by atoms with Crippen LogP contribution in [0, 0.1) is 0 Å². The van der Waals surface area contributed by atoms with E-state index in [-0.39, 0.29) is 0 Å². The maximum Gasteiger partial charge on any atom is 0.0680 e. The predicted molar refractivity (Wildman–Crippen MR) is 81.4 cm³/mol. The van der Waals surface area contributed by atoms with E-state index in [9.17, 15) is 0 Å². The molecule has 1 heterocycles. The fourth-order valence-electron chi connectivity index (χ4n) is 2.73. The van der Waals surface area contributed by atoms with Gasteiger partial charge in [0.05, 0.1) is 6.04 Å². The van der Waals surface area contributed by atoms with Crippen molar-refractivity contribution in [2.75, 3.05) is 7.05 Å². The van der Waals surface area contributed by atoms with E-state index >= 15 is 0 Å². The summed E-state index contributed by atoms with van der Waals surface area (Å²) < 4.78 is 1.20. The maximum absolute atomic E-state index is 3.64. The summed E-state index contributed by atoms with van der Waals surface area (Å²) >= 11 is 5.44. The van der Waals surface area contributed by atoms with Gasteiger partial charge in [-0.3, -0.25) is 0 Å². The second kappa shape index (κ2) is 5.16. The molecule has 0 radical (unpaired) electrons. The minimum Gasteiger partial charge on any atom is -0.309 e. The lowest BCUT2D eigenvalue weighted by Crippen LogP contribution is -2.17. The van der Waals surface area contributed by atoms with Gasteiger partial charge in [-0.25, -0.2) is 0 Å². The zero-order chi connectivity index (χ0) is 12.5. The molecule has 1 aliphatic carbocycles. The number of nitrogens with one attached hydrogen (secondary N) is 1. The fraction of sp³-hybridized carbons (Fsp3) is 0.333. The standard InChI is InChI=1S/C15H16BrNS/c1-17-14(15-13(16)7-8-18-15)12-6-5-10-3-2-4-11(10)9-12/h5-9,14,17H,2-4H2,1H3. The largest absolute Gasteiger partial charge is 0.309 e. The molecule has 3 rings (SSSR count). The minimum absolute atomic E-state index is 0.297. The number of rotatable bonds is 3. The lowest BCUT2D eigenvalue weighted by molar-refractivity contribution is 0.700. The Morgan fingerprint density at radius 2 is 2.06 bits per heavy atom. The summed E-state index contributed by atoms with van der Waals surface area (Å²) in [6, 6.07) is 9.39. The molecule has 1 aliphatic rings. The monoisotopic (exact) mass is 321 g/mol. The summed E-state index contributed by atoms with van der Waals surface area (Å²) in [6.07, 6.45) is 3.81. The summed E-state index contributed by atoms with van der Waals surface area (Å²) in [7, 11) is 2.03. The number of aryl methyl sites for hydroxylation is 2. The average Bonchev–Trinajstić information content (AvgIpc) is 2.99. The molecule has 0 amide bonds. The first kappa shape index (κ1) is 12.4. The molecule has 3 heteroatoms. The smallest absolute Gasteiger partial charge is 0.0680 e. The van der Waals surface area contributed by atoms with Gasteiger partial charge < -0.3 is 5.32 Å². The molecule has 0 fully saturated rings. The van der Waals surface area contributed by atoms with E-state index in [1.807, 2.05) is 7.05 Å². The molecular formula is C15H16BrNS. The summed E-state index contributed by atoms with van der Waals surface area (Å²) in [5, 5.41) is 5.57. The first-order valence-corrected chi connectivity index (χ1v) is 7.98. The molecule has 1 nitrogen and oxygen atoms in total. The van der Waals surface area contributed by atoms with Crippen LogP contribution in [0.5, 0.6) is 0 Å². The van der Waals surface area contributed by atoms with Crippen LogP contribution in [-0.4, -0.2) is 7.05 Å². The van der Waals surface area contributed by atoms with Gasteiger partial charge in [0.2, 0.25) is 0 Å². The van der Waals surface area contributed by atoms with E-state index in [2.05, 4.69) is 50.9 Å². The van der Waals surface area contributed by atoms with Crippen LogP contribution in [0.25, 0.3) is 0 Å².